The number of rotatable bonds is 1. The van der Waals surface area contributed by atoms with Gasteiger partial charge in [0.2, 0.25) is 0 Å². The molecule has 1 amide bonds. The number of pyridine rings is 1. The summed E-state index contributed by atoms with van der Waals surface area (Å²) in [6.45, 7) is 6.74. The molecule has 1 aliphatic rings. The van der Waals surface area contributed by atoms with Crippen LogP contribution in [0, 0.1) is 0 Å². The van der Waals surface area contributed by atoms with E-state index in [1.165, 1.54) is 0 Å². The van der Waals surface area contributed by atoms with Gasteiger partial charge in [-0.3, -0.25) is 4.79 Å². The van der Waals surface area contributed by atoms with Crippen molar-refractivity contribution in [1.82, 2.24) is 9.47 Å². The van der Waals surface area contributed by atoms with E-state index in [0.717, 1.165) is 11.3 Å². The summed E-state index contributed by atoms with van der Waals surface area (Å²) in [6.07, 6.45) is 0.321. The van der Waals surface area contributed by atoms with Gasteiger partial charge in [-0.15, -0.1) is 0 Å². The average Bonchev–Trinajstić information content (AvgIpc) is 2.40. The maximum absolute atomic E-state index is 12.1. The number of nitrogens with zero attached hydrogens (tertiary/aromatic N) is 2. The third kappa shape index (κ3) is 3.26. The quantitative estimate of drug-likeness (QED) is 0.842. The van der Waals surface area contributed by atoms with Crippen LogP contribution in [0.5, 0.6) is 0 Å². The number of fused-ring (bicyclic) bond motifs is 1. The lowest BCUT2D eigenvalue weighted by atomic mass is 10.0. The van der Waals surface area contributed by atoms with Crippen molar-refractivity contribution >= 4 is 6.09 Å². The van der Waals surface area contributed by atoms with Gasteiger partial charge in [0, 0.05) is 37.8 Å². The third-order valence-electron chi connectivity index (χ3n) is 3.55. The zero-order valence-electron chi connectivity index (χ0n) is 13.1. The van der Waals surface area contributed by atoms with Crippen molar-refractivity contribution < 1.29 is 9.53 Å². The lowest BCUT2D eigenvalue weighted by molar-refractivity contribution is 0.0221. The first-order valence-corrected chi connectivity index (χ1v) is 7.11. The van der Waals surface area contributed by atoms with E-state index in [9.17, 15) is 9.59 Å². The van der Waals surface area contributed by atoms with Crippen molar-refractivity contribution in [1.29, 1.82) is 0 Å². The number of carbonyl (C=O) groups is 1. The molecule has 0 radical (unpaired) electrons. The summed E-state index contributed by atoms with van der Waals surface area (Å²) in [5, 5.41) is 0. The van der Waals surface area contributed by atoms with Crippen molar-refractivity contribution in [2.45, 2.75) is 45.9 Å². The van der Waals surface area contributed by atoms with Crippen LogP contribution in [0.15, 0.2) is 10.9 Å². The minimum absolute atomic E-state index is 0.0537. The Bertz CT molecular complexity index is 614. The fraction of sp³-hybridized carbons (Fsp3) is 0.600. The lowest BCUT2D eigenvalue weighted by Crippen LogP contribution is -2.42. The number of aromatic nitrogens is 1. The zero-order chi connectivity index (χ0) is 15.8. The molecule has 0 saturated heterocycles. The molecule has 6 heteroatoms. The van der Waals surface area contributed by atoms with Crippen LogP contribution >= 0.6 is 0 Å². The zero-order valence-corrected chi connectivity index (χ0v) is 13.1. The number of hydrogen-bond acceptors (Lipinski definition) is 4. The molecule has 0 bridgehead atoms. The first-order chi connectivity index (χ1) is 9.73. The van der Waals surface area contributed by atoms with E-state index in [2.05, 4.69) is 0 Å². The molecular formula is C15H23N3O3. The topological polar surface area (TPSA) is 77.6 Å². The largest absolute Gasteiger partial charge is 0.444 e. The van der Waals surface area contributed by atoms with Gasteiger partial charge in [-0.1, -0.05) is 0 Å². The van der Waals surface area contributed by atoms with E-state index < -0.39 is 5.60 Å². The van der Waals surface area contributed by atoms with Gasteiger partial charge in [0.05, 0.1) is 6.54 Å². The Labute approximate surface area is 124 Å². The highest BCUT2D eigenvalue weighted by Gasteiger charge is 2.27. The van der Waals surface area contributed by atoms with Crippen LogP contribution in [0.1, 0.15) is 37.6 Å². The summed E-state index contributed by atoms with van der Waals surface area (Å²) in [7, 11) is 1.75. The lowest BCUT2D eigenvalue weighted by Gasteiger charge is -2.32. The first-order valence-electron chi connectivity index (χ1n) is 7.11. The molecule has 0 unspecified atom stereocenters. The van der Waals surface area contributed by atoms with Crippen molar-refractivity contribution in [3.63, 3.8) is 0 Å². The Morgan fingerprint density at radius 2 is 2.10 bits per heavy atom. The Kier molecular flexibility index (Phi) is 4.09. The Morgan fingerprint density at radius 1 is 1.43 bits per heavy atom. The molecule has 0 spiro atoms. The monoisotopic (exact) mass is 293 g/mol. The number of carbonyl (C=O) groups excluding carboxylic acids is 1. The molecule has 0 saturated carbocycles. The van der Waals surface area contributed by atoms with E-state index in [4.69, 9.17) is 10.5 Å². The van der Waals surface area contributed by atoms with E-state index in [0.29, 0.717) is 25.1 Å². The Hall–Kier alpha value is -1.82. The van der Waals surface area contributed by atoms with Crippen LogP contribution in [0.2, 0.25) is 0 Å². The van der Waals surface area contributed by atoms with Crippen LogP contribution in [0.25, 0.3) is 0 Å². The third-order valence-corrected chi connectivity index (χ3v) is 3.55. The van der Waals surface area contributed by atoms with Gasteiger partial charge >= 0.3 is 6.09 Å². The minimum atomic E-state index is -0.511. The molecule has 1 aliphatic heterocycles. The van der Waals surface area contributed by atoms with Gasteiger partial charge in [0.25, 0.3) is 5.56 Å². The smallest absolute Gasteiger partial charge is 0.410 e. The highest BCUT2D eigenvalue weighted by Crippen LogP contribution is 2.20. The second-order valence-electron chi connectivity index (χ2n) is 6.36. The van der Waals surface area contributed by atoms with Crippen LogP contribution in [0.3, 0.4) is 0 Å². The fourth-order valence-electron chi connectivity index (χ4n) is 2.53. The van der Waals surface area contributed by atoms with Crippen molar-refractivity contribution in [3.05, 3.63) is 33.2 Å². The molecule has 116 valence electrons. The van der Waals surface area contributed by atoms with E-state index in [1.54, 1.807) is 16.5 Å². The van der Waals surface area contributed by atoms with Gasteiger partial charge in [0.1, 0.15) is 5.60 Å². The highest BCUT2D eigenvalue weighted by atomic mass is 16.6. The molecule has 1 aromatic rings. The maximum Gasteiger partial charge on any atom is 0.410 e. The van der Waals surface area contributed by atoms with E-state index >= 15 is 0 Å². The number of nitrogens with two attached hydrogens (primary N) is 1. The standard InChI is InChI=1S/C15H23N3O3/c1-15(2,3)21-14(20)18-6-5-12-11(9-18)7-10(8-16)13(19)17(12)4/h7H,5-6,8-9,16H2,1-4H3. The SMILES string of the molecule is Cn1c2c(cc(CN)c1=O)CN(C(=O)OC(C)(C)C)CC2. The summed E-state index contributed by atoms with van der Waals surface area (Å²) in [4.78, 5) is 25.9. The second kappa shape index (κ2) is 5.52. The molecule has 0 atom stereocenters. The van der Waals surface area contributed by atoms with Crippen molar-refractivity contribution in [2.75, 3.05) is 6.54 Å². The van der Waals surface area contributed by atoms with Gasteiger partial charge in [-0.2, -0.15) is 0 Å². The highest BCUT2D eigenvalue weighted by molar-refractivity contribution is 5.68. The molecule has 1 aromatic heterocycles. The molecule has 6 nitrogen and oxygen atoms in total. The normalized spacial score (nSPS) is 14.8. The van der Waals surface area contributed by atoms with Crippen molar-refractivity contribution in [3.8, 4) is 0 Å². The molecule has 21 heavy (non-hydrogen) atoms. The minimum Gasteiger partial charge on any atom is -0.444 e. The van der Waals surface area contributed by atoms with Gasteiger partial charge in [0.15, 0.2) is 0 Å². The Morgan fingerprint density at radius 3 is 2.67 bits per heavy atom. The fourth-order valence-corrected chi connectivity index (χ4v) is 2.53. The summed E-state index contributed by atoms with van der Waals surface area (Å²) in [5.41, 5.74) is 7.56. The van der Waals surface area contributed by atoms with Crippen LogP contribution in [0.4, 0.5) is 4.79 Å². The number of hydrogen-bond donors (Lipinski definition) is 1. The number of ether oxygens (including phenoxy) is 1. The molecule has 0 fully saturated rings. The number of amides is 1. The van der Waals surface area contributed by atoms with Crippen molar-refractivity contribution in [2.24, 2.45) is 12.8 Å². The molecule has 2 heterocycles. The molecule has 2 rings (SSSR count). The Balaban J connectivity index is 2.26. The van der Waals surface area contributed by atoms with Gasteiger partial charge < -0.3 is 19.9 Å². The first kappa shape index (κ1) is 15.6. The average molecular weight is 293 g/mol. The van der Waals surface area contributed by atoms with E-state index in [1.807, 2.05) is 26.8 Å². The summed E-state index contributed by atoms with van der Waals surface area (Å²) < 4.78 is 7.04. The predicted molar refractivity (Wildman–Crippen MR) is 79.9 cm³/mol. The molecule has 0 aromatic carbocycles. The second-order valence-corrected chi connectivity index (χ2v) is 6.36. The predicted octanol–water partition coefficient (Wildman–Crippen LogP) is 1.14. The van der Waals surface area contributed by atoms with Gasteiger partial charge in [-0.25, -0.2) is 4.79 Å². The summed E-state index contributed by atoms with van der Waals surface area (Å²) in [5.74, 6) is 0. The summed E-state index contributed by atoms with van der Waals surface area (Å²) >= 11 is 0. The van der Waals surface area contributed by atoms with Crippen LogP contribution in [-0.4, -0.2) is 27.7 Å². The van der Waals surface area contributed by atoms with Gasteiger partial charge in [-0.05, 0) is 32.4 Å². The van der Waals surface area contributed by atoms with E-state index in [-0.39, 0.29) is 18.2 Å². The summed E-state index contributed by atoms with van der Waals surface area (Å²) in [6, 6.07) is 1.81. The maximum atomic E-state index is 12.1. The molecule has 2 N–H and O–H groups in total. The molecular weight excluding hydrogens is 270 g/mol. The molecule has 0 aliphatic carbocycles. The van der Waals surface area contributed by atoms with Crippen LogP contribution < -0.4 is 11.3 Å². The van der Waals surface area contributed by atoms with Crippen LogP contribution in [-0.2, 0) is 31.3 Å².